The minimum atomic E-state index is -3.95. The van der Waals surface area contributed by atoms with E-state index in [9.17, 15) is 13.2 Å². The van der Waals surface area contributed by atoms with Crippen molar-refractivity contribution >= 4 is 27.3 Å². The third-order valence-electron chi connectivity index (χ3n) is 4.40. The number of hydrazone groups is 1. The first kappa shape index (κ1) is 22.8. The SMILES string of the molecule is COc1ccc(S(=O)(=O)N/N=C(/C)c2cccc(NC(=O)c3cc(C)on3)c2)cc1OC. The number of benzene rings is 2. The number of hydrogen-bond donors (Lipinski definition) is 2. The second-order valence-electron chi connectivity index (χ2n) is 6.67. The molecule has 0 saturated carbocycles. The van der Waals surface area contributed by atoms with E-state index < -0.39 is 15.9 Å². The van der Waals surface area contributed by atoms with Gasteiger partial charge < -0.3 is 19.3 Å². The van der Waals surface area contributed by atoms with E-state index in [4.69, 9.17) is 14.0 Å². The second kappa shape index (κ2) is 9.52. The van der Waals surface area contributed by atoms with Gasteiger partial charge in [0.2, 0.25) is 0 Å². The standard InChI is InChI=1S/C21H22N4O6S/c1-13-10-18(24-31-13)21(26)22-16-7-5-6-15(11-16)14(2)23-25-32(27,28)17-8-9-19(29-3)20(12-17)30-4/h5-12,25H,1-4H3,(H,22,26)/b23-14-. The van der Waals surface area contributed by atoms with E-state index in [1.807, 2.05) is 0 Å². The van der Waals surface area contributed by atoms with Crippen molar-refractivity contribution in [1.82, 2.24) is 9.99 Å². The summed E-state index contributed by atoms with van der Waals surface area (Å²) in [5.74, 6) is 0.781. The van der Waals surface area contributed by atoms with Gasteiger partial charge in [0.15, 0.2) is 17.2 Å². The number of methoxy groups -OCH3 is 2. The molecule has 10 nitrogen and oxygen atoms in total. The fraction of sp³-hybridized carbons (Fsp3) is 0.190. The van der Waals surface area contributed by atoms with Crippen LogP contribution in [-0.4, -0.2) is 39.4 Å². The van der Waals surface area contributed by atoms with Gasteiger partial charge in [0.25, 0.3) is 15.9 Å². The van der Waals surface area contributed by atoms with E-state index in [-0.39, 0.29) is 16.3 Å². The molecule has 1 heterocycles. The van der Waals surface area contributed by atoms with Crippen LogP contribution in [0, 0.1) is 6.92 Å². The summed E-state index contributed by atoms with van der Waals surface area (Å²) >= 11 is 0. The highest BCUT2D eigenvalue weighted by Crippen LogP contribution is 2.29. The number of carbonyl (C=O) groups is 1. The molecule has 0 unspecified atom stereocenters. The van der Waals surface area contributed by atoms with E-state index in [2.05, 4.69) is 20.4 Å². The van der Waals surface area contributed by atoms with E-state index in [0.29, 0.717) is 28.5 Å². The molecule has 0 spiro atoms. The maximum absolute atomic E-state index is 12.6. The molecule has 0 aliphatic rings. The molecule has 0 radical (unpaired) electrons. The molecule has 0 aliphatic carbocycles. The summed E-state index contributed by atoms with van der Waals surface area (Å²) in [4.78, 5) is 14.4. The third kappa shape index (κ3) is 5.24. The predicted molar refractivity (Wildman–Crippen MR) is 118 cm³/mol. The molecular weight excluding hydrogens is 436 g/mol. The van der Waals surface area contributed by atoms with Crippen LogP contribution < -0.4 is 19.6 Å². The van der Waals surface area contributed by atoms with Crippen molar-refractivity contribution in [2.75, 3.05) is 19.5 Å². The van der Waals surface area contributed by atoms with Crippen LogP contribution in [0.15, 0.2) is 63.1 Å². The van der Waals surface area contributed by atoms with Gasteiger partial charge in [-0.05, 0) is 43.7 Å². The topological polar surface area (TPSA) is 132 Å². The molecule has 0 saturated heterocycles. The van der Waals surface area contributed by atoms with Gasteiger partial charge in [0, 0.05) is 17.8 Å². The van der Waals surface area contributed by atoms with Crippen LogP contribution >= 0.6 is 0 Å². The molecular formula is C21H22N4O6S. The van der Waals surface area contributed by atoms with Crippen LogP contribution in [0.1, 0.15) is 28.7 Å². The van der Waals surface area contributed by atoms with Gasteiger partial charge in [-0.1, -0.05) is 17.3 Å². The Morgan fingerprint density at radius 3 is 2.47 bits per heavy atom. The summed E-state index contributed by atoms with van der Waals surface area (Å²) in [5.41, 5.74) is 1.64. The summed E-state index contributed by atoms with van der Waals surface area (Å²) in [6.07, 6.45) is 0. The molecule has 168 valence electrons. The van der Waals surface area contributed by atoms with Crippen LogP contribution in [-0.2, 0) is 10.0 Å². The zero-order valence-electron chi connectivity index (χ0n) is 17.9. The third-order valence-corrected chi connectivity index (χ3v) is 5.60. The fourth-order valence-electron chi connectivity index (χ4n) is 2.72. The molecule has 0 atom stereocenters. The van der Waals surface area contributed by atoms with Crippen molar-refractivity contribution in [2.45, 2.75) is 18.7 Å². The minimum Gasteiger partial charge on any atom is -0.493 e. The Bertz CT molecular complexity index is 1270. The van der Waals surface area contributed by atoms with Crippen LogP contribution in [0.4, 0.5) is 5.69 Å². The molecule has 3 rings (SSSR count). The van der Waals surface area contributed by atoms with Crippen LogP contribution in [0.2, 0.25) is 0 Å². The van der Waals surface area contributed by atoms with Gasteiger partial charge in [-0.25, -0.2) is 0 Å². The Labute approximate surface area is 185 Å². The Kier molecular flexibility index (Phi) is 6.79. The monoisotopic (exact) mass is 458 g/mol. The first-order valence-electron chi connectivity index (χ1n) is 9.36. The number of sulfonamides is 1. The zero-order chi connectivity index (χ0) is 23.3. The molecule has 2 N–H and O–H groups in total. The Morgan fingerprint density at radius 2 is 1.81 bits per heavy atom. The number of ether oxygens (including phenoxy) is 2. The molecule has 11 heteroatoms. The smallest absolute Gasteiger partial charge is 0.277 e. The van der Waals surface area contributed by atoms with Gasteiger partial charge >= 0.3 is 0 Å². The van der Waals surface area contributed by atoms with Crippen molar-refractivity contribution in [3.8, 4) is 11.5 Å². The number of anilines is 1. The highest BCUT2D eigenvalue weighted by atomic mass is 32.2. The largest absolute Gasteiger partial charge is 0.493 e. The van der Waals surface area contributed by atoms with Gasteiger partial charge in [-0.3, -0.25) is 4.79 Å². The summed E-state index contributed by atoms with van der Waals surface area (Å²) < 4.78 is 40.4. The highest BCUT2D eigenvalue weighted by Gasteiger charge is 2.17. The number of carbonyl (C=O) groups excluding carboxylic acids is 1. The lowest BCUT2D eigenvalue weighted by Gasteiger charge is -2.10. The lowest BCUT2D eigenvalue weighted by molar-refractivity contribution is 0.101. The van der Waals surface area contributed by atoms with Crippen molar-refractivity contribution in [2.24, 2.45) is 5.10 Å². The number of aryl methyl sites for hydroxylation is 1. The zero-order valence-corrected chi connectivity index (χ0v) is 18.7. The lowest BCUT2D eigenvalue weighted by Crippen LogP contribution is -2.20. The van der Waals surface area contributed by atoms with Crippen molar-refractivity contribution in [3.63, 3.8) is 0 Å². The molecule has 0 fully saturated rings. The Hall–Kier alpha value is -3.86. The van der Waals surface area contributed by atoms with Crippen LogP contribution in [0.5, 0.6) is 11.5 Å². The maximum Gasteiger partial charge on any atom is 0.277 e. The van der Waals surface area contributed by atoms with E-state index in [1.54, 1.807) is 38.1 Å². The molecule has 1 aromatic heterocycles. The average molecular weight is 458 g/mol. The van der Waals surface area contributed by atoms with Crippen LogP contribution in [0.25, 0.3) is 0 Å². The van der Waals surface area contributed by atoms with Crippen molar-refractivity contribution in [3.05, 3.63) is 65.5 Å². The fourth-order valence-corrected chi connectivity index (χ4v) is 3.59. The summed E-state index contributed by atoms with van der Waals surface area (Å²) in [5, 5.41) is 10.4. The molecule has 0 aliphatic heterocycles. The Morgan fingerprint density at radius 1 is 1.06 bits per heavy atom. The van der Waals surface area contributed by atoms with Gasteiger partial charge in [0.1, 0.15) is 5.76 Å². The minimum absolute atomic E-state index is 0.0318. The number of aromatic nitrogens is 1. The molecule has 1 amide bonds. The van der Waals surface area contributed by atoms with E-state index >= 15 is 0 Å². The van der Waals surface area contributed by atoms with E-state index in [0.717, 1.165) is 0 Å². The van der Waals surface area contributed by atoms with Gasteiger partial charge in [-0.15, -0.1) is 0 Å². The van der Waals surface area contributed by atoms with Crippen molar-refractivity contribution < 1.29 is 27.2 Å². The van der Waals surface area contributed by atoms with Crippen molar-refractivity contribution in [1.29, 1.82) is 0 Å². The average Bonchev–Trinajstić information content (AvgIpc) is 3.23. The lowest BCUT2D eigenvalue weighted by atomic mass is 10.1. The quantitative estimate of drug-likeness (QED) is 0.392. The highest BCUT2D eigenvalue weighted by molar-refractivity contribution is 7.89. The number of hydrogen-bond acceptors (Lipinski definition) is 8. The predicted octanol–water partition coefficient (Wildman–Crippen LogP) is 2.96. The first-order chi connectivity index (χ1) is 15.2. The molecule has 0 bridgehead atoms. The van der Waals surface area contributed by atoms with E-state index in [1.165, 1.54) is 38.5 Å². The van der Waals surface area contributed by atoms with Crippen LogP contribution in [0.3, 0.4) is 0 Å². The number of amides is 1. The summed E-state index contributed by atoms with van der Waals surface area (Å²) in [6.45, 7) is 3.33. The summed E-state index contributed by atoms with van der Waals surface area (Å²) in [7, 11) is -1.07. The molecule has 3 aromatic rings. The van der Waals surface area contributed by atoms with Gasteiger partial charge in [0.05, 0.1) is 24.8 Å². The first-order valence-corrected chi connectivity index (χ1v) is 10.8. The maximum atomic E-state index is 12.6. The summed E-state index contributed by atoms with van der Waals surface area (Å²) in [6, 6.07) is 12.5. The van der Waals surface area contributed by atoms with Gasteiger partial charge in [-0.2, -0.15) is 18.4 Å². The Balaban J connectivity index is 1.76. The number of nitrogens with one attached hydrogen (secondary N) is 2. The molecule has 32 heavy (non-hydrogen) atoms. The number of rotatable bonds is 8. The number of nitrogens with zero attached hydrogens (tertiary/aromatic N) is 2. The second-order valence-corrected chi connectivity index (χ2v) is 8.33. The molecule has 2 aromatic carbocycles. The normalized spacial score (nSPS) is 11.7.